The number of aromatic nitrogens is 1. The fourth-order valence-corrected chi connectivity index (χ4v) is 3.79. The largest absolute Gasteiger partial charge is 0.462 e. The summed E-state index contributed by atoms with van der Waals surface area (Å²) in [7, 11) is 0. The molecule has 1 amide bonds. The maximum Gasteiger partial charge on any atom is 0.330 e. The predicted octanol–water partition coefficient (Wildman–Crippen LogP) is 4.48. The molecule has 0 saturated carbocycles. The summed E-state index contributed by atoms with van der Waals surface area (Å²) in [4.78, 5) is 35.0. The molecule has 0 atom stereocenters. The van der Waals surface area contributed by atoms with Crippen molar-refractivity contribution in [2.24, 2.45) is 4.99 Å². The molecule has 0 unspecified atom stereocenters. The van der Waals surface area contributed by atoms with Crippen LogP contribution in [0, 0.1) is 0 Å². The zero-order valence-electron chi connectivity index (χ0n) is 18.7. The first-order chi connectivity index (χ1) is 16.0. The van der Waals surface area contributed by atoms with Crippen LogP contribution in [0.1, 0.15) is 20.3 Å². The number of carbonyl (C=O) groups is 2. The van der Waals surface area contributed by atoms with Crippen LogP contribution in [0.3, 0.4) is 0 Å². The number of carbonyl (C=O) groups excluding carboxylic acids is 2. The molecule has 168 valence electrons. The lowest BCUT2D eigenvalue weighted by Gasteiger charge is -2.21. The van der Waals surface area contributed by atoms with Gasteiger partial charge in [0, 0.05) is 47.8 Å². The molecule has 0 saturated heterocycles. The summed E-state index contributed by atoms with van der Waals surface area (Å²) in [6.45, 7) is 9.28. The summed E-state index contributed by atoms with van der Waals surface area (Å²) in [5.41, 5.74) is 3.19. The molecule has 0 N–H and O–H groups in total. The molecule has 1 aliphatic carbocycles. The van der Waals surface area contributed by atoms with Crippen LogP contribution in [0.25, 0.3) is 33.3 Å². The van der Waals surface area contributed by atoms with Gasteiger partial charge in [-0.3, -0.25) is 4.79 Å². The standard InChI is InChI=1S/C26H25N3O4/c1-4-25(31)32-14-13-24(30)27-21-16-23-26(19-10-8-7-9-18(19)21)28-20-12-11-17(15-22(20)33-23)29(5-2)6-3/h4,7-12,15-16H,1,5-6,13-14H2,2-3H3. The number of esters is 1. The molecule has 0 aromatic heterocycles. The van der Waals surface area contributed by atoms with Crippen LogP contribution in [-0.2, 0) is 14.3 Å². The molecule has 2 aliphatic rings. The van der Waals surface area contributed by atoms with Crippen molar-refractivity contribution in [3.8, 4) is 11.5 Å². The maximum atomic E-state index is 12.4. The average molecular weight is 444 g/mol. The molecule has 7 heteroatoms. The van der Waals surface area contributed by atoms with Gasteiger partial charge >= 0.3 is 5.97 Å². The highest BCUT2D eigenvalue weighted by Gasteiger charge is 2.16. The Labute approximate surface area is 191 Å². The normalized spacial score (nSPS) is 11.8. The molecule has 7 nitrogen and oxygen atoms in total. The minimum absolute atomic E-state index is 0.0215. The molecule has 0 radical (unpaired) electrons. The number of hydrogen-bond donors (Lipinski definition) is 0. The van der Waals surface area contributed by atoms with Crippen molar-refractivity contribution < 1.29 is 18.7 Å². The lowest BCUT2D eigenvalue weighted by Crippen LogP contribution is -2.21. The second-order valence-corrected chi connectivity index (χ2v) is 7.45. The van der Waals surface area contributed by atoms with Crippen LogP contribution in [0.15, 0.2) is 70.6 Å². The Hall–Kier alpha value is -4.00. The highest BCUT2D eigenvalue weighted by atomic mass is 16.5. The van der Waals surface area contributed by atoms with E-state index in [1.807, 2.05) is 42.5 Å². The van der Waals surface area contributed by atoms with E-state index in [4.69, 9.17) is 14.1 Å². The Morgan fingerprint density at radius 3 is 2.61 bits per heavy atom. The van der Waals surface area contributed by atoms with E-state index in [1.54, 1.807) is 6.07 Å². The quantitative estimate of drug-likeness (QED) is 0.181. The van der Waals surface area contributed by atoms with Crippen molar-refractivity contribution in [3.63, 3.8) is 0 Å². The van der Waals surface area contributed by atoms with Crippen molar-refractivity contribution in [3.05, 3.63) is 66.5 Å². The second-order valence-electron chi connectivity index (χ2n) is 7.45. The Morgan fingerprint density at radius 1 is 1.12 bits per heavy atom. The molecule has 1 aliphatic heterocycles. The van der Waals surface area contributed by atoms with E-state index in [1.165, 1.54) is 0 Å². The topological polar surface area (TPSA) is 85.0 Å². The van der Waals surface area contributed by atoms with Crippen molar-refractivity contribution in [1.29, 1.82) is 0 Å². The van der Waals surface area contributed by atoms with E-state index in [-0.39, 0.29) is 13.0 Å². The van der Waals surface area contributed by atoms with Crippen LogP contribution in [0.5, 0.6) is 0 Å². The molecule has 2 aromatic rings. The predicted molar refractivity (Wildman–Crippen MR) is 128 cm³/mol. The third kappa shape index (κ3) is 4.62. The van der Waals surface area contributed by atoms with Crippen molar-refractivity contribution >= 4 is 39.4 Å². The fraction of sp³-hybridized carbons (Fsp3) is 0.231. The van der Waals surface area contributed by atoms with Gasteiger partial charge in [-0.2, -0.15) is 0 Å². The Morgan fingerprint density at radius 2 is 1.88 bits per heavy atom. The van der Waals surface area contributed by atoms with E-state index in [0.717, 1.165) is 41.1 Å². The molecule has 2 aromatic carbocycles. The van der Waals surface area contributed by atoms with Crippen molar-refractivity contribution in [1.82, 2.24) is 4.98 Å². The van der Waals surface area contributed by atoms with E-state index in [2.05, 4.69) is 30.3 Å². The molecule has 33 heavy (non-hydrogen) atoms. The number of rotatable bonds is 7. The summed E-state index contributed by atoms with van der Waals surface area (Å²) in [5, 5.41) is 2.13. The second kappa shape index (κ2) is 9.65. The number of fused-ring (bicyclic) bond motifs is 4. The highest BCUT2D eigenvalue weighted by molar-refractivity contribution is 5.97. The summed E-state index contributed by atoms with van der Waals surface area (Å²) < 4.78 is 11.1. The van der Waals surface area contributed by atoms with Crippen LogP contribution in [0.4, 0.5) is 5.69 Å². The number of anilines is 1. The van der Waals surface area contributed by atoms with Crippen LogP contribution < -0.4 is 10.3 Å². The summed E-state index contributed by atoms with van der Waals surface area (Å²) in [5.74, 6) is -0.420. The SMILES string of the molecule is C=CC(=O)OCCC(=O)N=c1cc2oc3cc(N(CC)CC)ccc3nc-2c2ccccc12. The summed E-state index contributed by atoms with van der Waals surface area (Å²) in [6.07, 6.45) is 1.04. The number of nitrogens with zero attached hydrogens (tertiary/aromatic N) is 3. The molecule has 0 bridgehead atoms. The minimum atomic E-state index is -0.570. The fourth-order valence-electron chi connectivity index (χ4n) is 3.79. The number of hydrogen-bond acceptors (Lipinski definition) is 6. The van der Waals surface area contributed by atoms with E-state index in [9.17, 15) is 9.59 Å². The minimum Gasteiger partial charge on any atom is -0.462 e. The molecule has 0 spiro atoms. The smallest absolute Gasteiger partial charge is 0.330 e. The van der Waals surface area contributed by atoms with Gasteiger partial charge < -0.3 is 14.1 Å². The zero-order valence-corrected chi connectivity index (χ0v) is 18.7. The van der Waals surface area contributed by atoms with Gasteiger partial charge in [0.1, 0.15) is 17.8 Å². The van der Waals surface area contributed by atoms with Gasteiger partial charge in [-0.1, -0.05) is 30.8 Å². The van der Waals surface area contributed by atoms with Crippen molar-refractivity contribution in [2.75, 3.05) is 24.6 Å². The maximum absolute atomic E-state index is 12.4. The zero-order chi connectivity index (χ0) is 23.4. The first-order valence-electron chi connectivity index (χ1n) is 10.9. The summed E-state index contributed by atoms with van der Waals surface area (Å²) in [6, 6.07) is 15.4. The molecule has 0 fully saturated rings. The first kappa shape index (κ1) is 22.2. The third-order valence-corrected chi connectivity index (χ3v) is 5.46. The highest BCUT2D eigenvalue weighted by Crippen LogP contribution is 2.31. The monoisotopic (exact) mass is 443 g/mol. The van der Waals surface area contributed by atoms with E-state index >= 15 is 0 Å². The van der Waals surface area contributed by atoms with Gasteiger partial charge in [-0.15, -0.1) is 0 Å². The van der Waals surface area contributed by atoms with Gasteiger partial charge in [0.25, 0.3) is 0 Å². The van der Waals surface area contributed by atoms with Gasteiger partial charge in [-0.05, 0) is 26.0 Å². The molecule has 1 heterocycles. The lowest BCUT2D eigenvalue weighted by molar-refractivity contribution is -0.138. The van der Waals surface area contributed by atoms with Crippen LogP contribution in [-0.4, -0.2) is 36.6 Å². The molecular weight excluding hydrogens is 418 g/mol. The van der Waals surface area contributed by atoms with Gasteiger partial charge in [0.05, 0.1) is 11.8 Å². The van der Waals surface area contributed by atoms with E-state index < -0.39 is 11.9 Å². The number of ether oxygens (including phenoxy) is 1. The van der Waals surface area contributed by atoms with Crippen LogP contribution >= 0.6 is 0 Å². The number of benzene rings is 3. The Balaban J connectivity index is 1.82. The van der Waals surface area contributed by atoms with Crippen molar-refractivity contribution in [2.45, 2.75) is 20.3 Å². The first-order valence-corrected chi connectivity index (χ1v) is 10.9. The third-order valence-electron chi connectivity index (χ3n) is 5.46. The molecular formula is C26H25N3O4. The summed E-state index contributed by atoms with van der Waals surface area (Å²) >= 11 is 0. The van der Waals surface area contributed by atoms with E-state index in [0.29, 0.717) is 22.4 Å². The van der Waals surface area contributed by atoms with Gasteiger partial charge in [-0.25, -0.2) is 14.8 Å². The number of amides is 1. The average Bonchev–Trinajstić information content (AvgIpc) is 2.83. The van der Waals surface area contributed by atoms with Gasteiger partial charge in [0.2, 0.25) is 5.91 Å². The Kier molecular flexibility index (Phi) is 6.49. The van der Waals surface area contributed by atoms with Crippen LogP contribution in [0.2, 0.25) is 0 Å². The van der Waals surface area contributed by atoms with Gasteiger partial charge in [0.15, 0.2) is 11.3 Å². The Bertz CT molecular complexity index is 1390. The molecule has 4 rings (SSSR count). The lowest BCUT2D eigenvalue weighted by atomic mass is 10.0.